The summed E-state index contributed by atoms with van der Waals surface area (Å²) in [6.45, 7) is 2.43. The first kappa shape index (κ1) is 20.2. The second-order valence-electron chi connectivity index (χ2n) is 5.75. The molecule has 2 heterocycles. The third-order valence-electron chi connectivity index (χ3n) is 3.71. The maximum Gasteiger partial charge on any atom is 0.271 e. The monoisotopic (exact) mass is 435 g/mol. The van der Waals surface area contributed by atoms with Gasteiger partial charge in [0.05, 0.1) is 46.9 Å². The summed E-state index contributed by atoms with van der Waals surface area (Å²) in [5, 5.41) is 4.53. The molecule has 0 fully saturated rings. The van der Waals surface area contributed by atoms with Crippen molar-refractivity contribution in [3.8, 4) is 0 Å². The smallest absolute Gasteiger partial charge is 0.271 e. The summed E-state index contributed by atoms with van der Waals surface area (Å²) < 4.78 is 0. The largest absolute Gasteiger partial charge is 0.346 e. The Bertz CT molecular complexity index is 994. The van der Waals surface area contributed by atoms with E-state index in [1.54, 1.807) is 24.4 Å². The van der Waals surface area contributed by atoms with Crippen LogP contribution < -0.4 is 10.2 Å². The Morgan fingerprint density at radius 1 is 1.21 bits per heavy atom. The molecule has 2 aromatic heterocycles. The zero-order valence-electron chi connectivity index (χ0n) is 14.7. The first-order chi connectivity index (χ1) is 13.5. The standard InChI is InChI=1S/C18H15Cl2N5O2S/c1-11-21-6-14(28-11)7-24-18(27)16-8-22-13(5-23-16)9-25(10-26)17-3-2-12(19)4-15(17)20/h2-6,8,10H,7,9H2,1H3,(H,24,27). The van der Waals surface area contributed by atoms with E-state index in [-0.39, 0.29) is 18.1 Å². The third-order valence-corrected chi connectivity index (χ3v) is 5.16. The van der Waals surface area contributed by atoms with Gasteiger partial charge in [0.15, 0.2) is 0 Å². The van der Waals surface area contributed by atoms with Gasteiger partial charge in [-0.25, -0.2) is 9.97 Å². The molecule has 0 bridgehead atoms. The minimum absolute atomic E-state index is 0.153. The summed E-state index contributed by atoms with van der Waals surface area (Å²) >= 11 is 13.5. The summed E-state index contributed by atoms with van der Waals surface area (Å²) in [4.78, 5) is 38.5. The summed E-state index contributed by atoms with van der Waals surface area (Å²) in [5.74, 6) is -0.335. The molecular formula is C18H15Cl2N5O2S. The van der Waals surface area contributed by atoms with Crippen molar-refractivity contribution in [2.45, 2.75) is 20.0 Å². The normalized spacial score (nSPS) is 10.5. The first-order valence-electron chi connectivity index (χ1n) is 8.13. The number of anilines is 1. The van der Waals surface area contributed by atoms with Crippen LogP contribution in [-0.4, -0.2) is 27.3 Å². The van der Waals surface area contributed by atoms with Gasteiger partial charge in [0.1, 0.15) is 5.69 Å². The lowest BCUT2D eigenvalue weighted by Gasteiger charge is -2.18. The number of hydrogen-bond donors (Lipinski definition) is 1. The highest BCUT2D eigenvalue weighted by Gasteiger charge is 2.13. The molecule has 0 unspecified atom stereocenters. The van der Waals surface area contributed by atoms with E-state index in [1.807, 2.05) is 6.92 Å². The Hall–Kier alpha value is -2.55. The topological polar surface area (TPSA) is 88.1 Å². The van der Waals surface area contributed by atoms with Gasteiger partial charge >= 0.3 is 0 Å². The number of aryl methyl sites for hydroxylation is 1. The number of carbonyl (C=O) groups is 2. The van der Waals surface area contributed by atoms with Crippen molar-refractivity contribution in [3.05, 3.63) is 68.1 Å². The maximum absolute atomic E-state index is 12.2. The van der Waals surface area contributed by atoms with E-state index >= 15 is 0 Å². The van der Waals surface area contributed by atoms with Crippen LogP contribution in [0.1, 0.15) is 26.1 Å². The van der Waals surface area contributed by atoms with Crippen molar-refractivity contribution in [2.24, 2.45) is 0 Å². The number of rotatable bonds is 7. The second kappa shape index (κ2) is 9.09. The minimum atomic E-state index is -0.335. The number of carbonyl (C=O) groups excluding carboxylic acids is 2. The SMILES string of the molecule is Cc1ncc(CNC(=O)c2cnc(CN(C=O)c3ccc(Cl)cc3Cl)cn2)s1. The summed E-state index contributed by atoms with van der Waals surface area (Å²) in [5.41, 5.74) is 1.20. The lowest BCUT2D eigenvalue weighted by atomic mass is 10.2. The zero-order chi connectivity index (χ0) is 20.1. The molecule has 10 heteroatoms. The van der Waals surface area contributed by atoms with Crippen LogP contribution in [-0.2, 0) is 17.9 Å². The molecule has 0 atom stereocenters. The number of nitrogens with one attached hydrogen (secondary N) is 1. The fourth-order valence-electron chi connectivity index (χ4n) is 2.37. The Balaban J connectivity index is 1.64. The maximum atomic E-state index is 12.2. The number of amides is 2. The number of benzene rings is 1. The van der Waals surface area contributed by atoms with Gasteiger partial charge < -0.3 is 10.2 Å². The molecule has 7 nitrogen and oxygen atoms in total. The van der Waals surface area contributed by atoms with E-state index in [0.29, 0.717) is 34.4 Å². The second-order valence-corrected chi connectivity index (χ2v) is 7.91. The van der Waals surface area contributed by atoms with Crippen LogP contribution in [0.4, 0.5) is 5.69 Å². The molecule has 2 amide bonds. The zero-order valence-corrected chi connectivity index (χ0v) is 17.1. The molecular weight excluding hydrogens is 421 g/mol. The van der Waals surface area contributed by atoms with Crippen LogP contribution in [0.25, 0.3) is 0 Å². The number of hydrogen-bond acceptors (Lipinski definition) is 6. The Morgan fingerprint density at radius 3 is 2.64 bits per heavy atom. The molecule has 3 rings (SSSR count). The molecule has 1 N–H and O–H groups in total. The van der Waals surface area contributed by atoms with Crippen molar-refractivity contribution < 1.29 is 9.59 Å². The molecule has 0 aliphatic rings. The highest BCUT2D eigenvalue weighted by molar-refractivity contribution is 7.11. The van der Waals surface area contributed by atoms with E-state index in [9.17, 15) is 9.59 Å². The lowest BCUT2D eigenvalue weighted by molar-refractivity contribution is -0.107. The fraction of sp³-hybridized carbons (Fsp3) is 0.167. The molecule has 0 spiro atoms. The third kappa shape index (κ3) is 5.03. The van der Waals surface area contributed by atoms with Gasteiger partial charge in [0.25, 0.3) is 5.91 Å². The summed E-state index contributed by atoms with van der Waals surface area (Å²) in [6.07, 6.45) is 5.19. The highest BCUT2D eigenvalue weighted by atomic mass is 35.5. The van der Waals surface area contributed by atoms with Crippen LogP contribution >= 0.6 is 34.5 Å². The van der Waals surface area contributed by atoms with Crippen molar-refractivity contribution in [1.29, 1.82) is 0 Å². The predicted molar refractivity (Wildman–Crippen MR) is 109 cm³/mol. The molecule has 3 aromatic rings. The Kier molecular flexibility index (Phi) is 6.56. The number of halogens is 2. The van der Waals surface area contributed by atoms with E-state index in [1.165, 1.54) is 28.6 Å². The number of thiazole rings is 1. The van der Waals surface area contributed by atoms with Crippen molar-refractivity contribution >= 4 is 52.5 Å². The quantitative estimate of drug-likeness (QED) is 0.572. The Morgan fingerprint density at radius 2 is 2.04 bits per heavy atom. The van der Waals surface area contributed by atoms with Gasteiger partial charge in [-0.1, -0.05) is 23.2 Å². The Labute approximate surface area is 175 Å². The fourth-order valence-corrected chi connectivity index (χ4v) is 3.62. The van der Waals surface area contributed by atoms with Crippen LogP contribution in [0, 0.1) is 6.92 Å². The van der Waals surface area contributed by atoms with Crippen LogP contribution in [0.3, 0.4) is 0 Å². The van der Waals surface area contributed by atoms with Crippen molar-refractivity contribution in [1.82, 2.24) is 20.3 Å². The predicted octanol–water partition coefficient (Wildman–Crippen LogP) is 3.64. The van der Waals surface area contributed by atoms with E-state index in [4.69, 9.17) is 23.2 Å². The lowest BCUT2D eigenvalue weighted by Crippen LogP contribution is -2.25. The van der Waals surface area contributed by atoms with Gasteiger partial charge in [0, 0.05) is 16.1 Å². The number of aromatic nitrogens is 3. The van der Waals surface area contributed by atoms with Gasteiger partial charge in [-0.15, -0.1) is 11.3 Å². The summed E-state index contributed by atoms with van der Waals surface area (Å²) in [7, 11) is 0. The van der Waals surface area contributed by atoms with Crippen molar-refractivity contribution in [2.75, 3.05) is 4.90 Å². The van der Waals surface area contributed by atoms with Gasteiger partial charge in [0.2, 0.25) is 6.41 Å². The molecule has 1 aromatic carbocycles. The molecule has 0 aliphatic heterocycles. The molecule has 0 saturated heterocycles. The van der Waals surface area contributed by atoms with E-state index in [2.05, 4.69) is 20.3 Å². The van der Waals surface area contributed by atoms with Gasteiger partial charge in [-0.05, 0) is 25.1 Å². The van der Waals surface area contributed by atoms with Gasteiger partial charge in [-0.3, -0.25) is 14.6 Å². The van der Waals surface area contributed by atoms with Crippen LogP contribution in [0.15, 0.2) is 36.8 Å². The van der Waals surface area contributed by atoms with Crippen LogP contribution in [0.5, 0.6) is 0 Å². The molecule has 0 saturated carbocycles. The average molecular weight is 436 g/mol. The minimum Gasteiger partial charge on any atom is -0.346 e. The average Bonchev–Trinajstić information content (AvgIpc) is 3.10. The highest BCUT2D eigenvalue weighted by Crippen LogP contribution is 2.28. The first-order valence-corrected chi connectivity index (χ1v) is 9.71. The van der Waals surface area contributed by atoms with Crippen molar-refractivity contribution in [3.63, 3.8) is 0 Å². The molecule has 0 radical (unpaired) electrons. The number of nitrogens with zero attached hydrogens (tertiary/aromatic N) is 4. The molecule has 144 valence electrons. The molecule has 28 heavy (non-hydrogen) atoms. The van der Waals surface area contributed by atoms with Gasteiger partial charge in [-0.2, -0.15) is 0 Å². The van der Waals surface area contributed by atoms with E-state index in [0.717, 1.165) is 9.88 Å². The van der Waals surface area contributed by atoms with E-state index < -0.39 is 0 Å². The van der Waals surface area contributed by atoms with Crippen LogP contribution in [0.2, 0.25) is 10.0 Å². The summed E-state index contributed by atoms with van der Waals surface area (Å²) in [6, 6.07) is 4.84. The molecule has 0 aliphatic carbocycles.